The zero-order valence-electron chi connectivity index (χ0n) is 13.8. The highest BCUT2D eigenvalue weighted by Crippen LogP contribution is 2.26. The Balaban J connectivity index is 1.61. The van der Waals surface area contributed by atoms with Gasteiger partial charge in [-0.1, -0.05) is 48.5 Å². The van der Waals surface area contributed by atoms with E-state index in [1.807, 2.05) is 60.0 Å². The summed E-state index contributed by atoms with van der Waals surface area (Å²) in [6, 6.07) is 21.7. The number of benzene rings is 2. The van der Waals surface area contributed by atoms with Crippen molar-refractivity contribution in [1.29, 1.82) is 0 Å². The summed E-state index contributed by atoms with van der Waals surface area (Å²) in [7, 11) is 0. The zero-order valence-corrected chi connectivity index (χ0v) is 14.6. The molecule has 1 atom stereocenters. The lowest BCUT2D eigenvalue weighted by molar-refractivity contribution is -0.138. The molecule has 0 aliphatic rings. The predicted octanol–water partition coefficient (Wildman–Crippen LogP) is 4.78. The molecule has 128 valence electrons. The first-order valence-electron chi connectivity index (χ1n) is 8.24. The molecule has 4 heteroatoms. The lowest BCUT2D eigenvalue weighted by Crippen LogP contribution is -2.13. The van der Waals surface area contributed by atoms with E-state index in [4.69, 9.17) is 4.74 Å². The summed E-state index contributed by atoms with van der Waals surface area (Å²) in [4.78, 5) is 12.5. The van der Waals surface area contributed by atoms with Gasteiger partial charge < -0.3 is 9.84 Å². The molecule has 1 aromatic heterocycles. The van der Waals surface area contributed by atoms with Crippen LogP contribution >= 0.6 is 11.3 Å². The summed E-state index contributed by atoms with van der Waals surface area (Å²) < 4.78 is 5.84. The molecule has 0 amide bonds. The lowest BCUT2D eigenvalue weighted by atomic mass is 9.98. The molecule has 0 saturated heterocycles. The molecule has 0 spiro atoms. The molecule has 0 aliphatic heterocycles. The van der Waals surface area contributed by atoms with Crippen molar-refractivity contribution in [3.8, 4) is 5.75 Å². The SMILES string of the molecule is O=C(O)C(Cc1cccc(OCCc2ccccc2)c1)c1cccs1. The summed E-state index contributed by atoms with van der Waals surface area (Å²) in [6.45, 7) is 0.598. The molecule has 2 aromatic carbocycles. The Kier molecular flexibility index (Phi) is 5.86. The summed E-state index contributed by atoms with van der Waals surface area (Å²) in [5.74, 6) is -0.527. The summed E-state index contributed by atoms with van der Waals surface area (Å²) >= 11 is 1.48. The van der Waals surface area contributed by atoms with E-state index >= 15 is 0 Å². The second kappa shape index (κ2) is 8.49. The number of carbonyl (C=O) groups is 1. The number of carboxylic acids is 1. The smallest absolute Gasteiger partial charge is 0.312 e. The Morgan fingerprint density at radius 1 is 1.00 bits per heavy atom. The molecule has 3 nitrogen and oxygen atoms in total. The fourth-order valence-corrected chi connectivity index (χ4v) is 3.55. The van der Waals surface area contributed by atoms with Crippen molar-refractivity contribution in [3.05, 3.63) is 88.1 Å². The predicted molar refractivity (Wildman–Crippen MR) is 100 cm³/mol. The Morgan fingerprint density at radius 2 is 1.80 bits per heavy atom. The van der Waals surface area contributed by atoms with Gasteiger partial charge in [0.2, 0.25) is 0 Å². The van der Waals surface area contributed by atoms with E-state index < -0.39 is 11.9 Å². The molecule has 1 heterocycles. The van der Waals surface area contributed by atoms with E-state index in [0.29, 0.717) is 13.0 Å². The number of hydrogen-bond donors (Lipinski definition) is 1. The van der Waals surface area contributed by atoms with Crippen LogP contribution in [0.15, 0.2) is 72.1 Å². The first kappa shape index (κ1) is 17.2. The van der Waals surface area contributed by atoms with E-state index in [1.165, 1.54) is 16.9 Å². The van der Waals surface area contributed by atoms with Crippen molar-refractivity contribution < 1.29 is 14.6 Å². The van der Waals surface area contributed by atoms with Gasteiger partial charge in [-0.15, -0.1) is 11.3 Å². The number of carboxylic acid groups (broad SMARTS) is 1. The zero-order chi connectivity index (χ0) is 17.5. The van der Waals surface area contributed by atoms with Gasteiger partial charge in [0, 0.05) is 11.3 Å². The van der Waals surface area contributed by atoms with E-state index in [-0.39, 0.29) is 0 Å². The molecule has 3 aromatic rings. The van der Waals surface area contributed by atoms with Crippen molar-refractivity contribution in [2.24, 2.45) is 0 Å². The molecule has 0 bridgehead atoms. The number of ether oxygens (including phenoxy) is 1. The van der Waals surface area contributed by atoms with Crippen LogP contribution in [0.2, 0.25) is 0 Å². The highest BCUT2D eigenvalue weighted by Gasteiger charge is 2.21. The van der Waals surface area contributed by atoms with E-state index in [9.17, 15) is 9.90 Å². The summed E-state index contributed by atoms with van der Waals surface area (Å²) in [5, 5.41) is 11.4. The van der Waals surface area contributed by atoms with Crippen LogP contribution in [0.4, 0.5) is 0 Å². The Hall–Kier alpha value is -2.59. The Bertz CT molecular complexity index is 797. The van der Waals surface area contributed by atoms with Crippen LogP contribution in [-0.2, 0) is 17.6 Å². The number of rotatable bonds is 8. The average Bonchev–Trinajstić information content (AvgIpc) is 3.15. The maximum Gasteiger partial charge on any atom is 0.312 e. The fourth-order valence-electron chi connectivity index (χ4n) is 2.73. The van der Waals surface area contributed by atoms with Gasteiger partial charge in [-0.2, -0.15) is 0 Å². The van der Waals surface area contributed by atoms with Crippen LogP contribution in [0.25, 0.3) is 0 Å². The van der Waals surface area contributed by atoms with Crippen LogP contribution in [-0.4, -0.2) is 17.7 Å². The second-order valence-electron chi connectivity index (χ2n) is 5.84. The standard InChI is InChI=1S/C21H20O3S/c22-21(23)19(20-10-5-13-25-20)15-17-8-4-9-18(14-17)24-12-11-16-6-2-1-3-7-16/h1-10,13-14,19H,11-12,15H2,(H,22,23). The van der Waals surface area contributed by atoms with Crippen LogP contribution < -0.4 is 4.74 Å². The molecule has 0 fully saturated rings. The molecule has 3 rings (SSSR count). The first-order chi connectivity index (χ1) is 12.2. The number of hydrogen-bond acceptors (Lipinski definition) is 3. The topological polar surface area (TPSA) is 46.5 Å². The van der Waals surface area contributed by atoms with Crippen molar-refractivity contribution in [2.45, 2.75) is 18.8 Å². The van der Waals surface area contributed by atoms with Crippen molar-refractivity contribution in [2.75, 3.05) is 6.61 Å². The summed E-state index contributed by atoms with van der Waals surface area (Å²) in [6.07, 6.45) is 1.31. The van der Waals surface area contributed by atoms with Gasteiger partial charge in [0.25, 0.3) is 0 Å². The maximum absolute atomic E-state index is 11.6. The van der Waals surface area contributed by atoms with Gasteiger partial charge in [-0.25, -0.2) is 0 Å². The summed E-state index contributed by atoms with van der Waals surface area (Å²) in [5.41, 5.74) is 2.21. The van der Waals surface area contributed by atoms with Crippen LogP contribution in [0.3, 0.4) is 0 Å². The minimum atomic E-state index is -0.794. The van der Waals surface area contributed by atoms with Gasteiger partial charge in [-0.05, 0) is 41.1 Å². The molecule has 0 radical (unpaired) electrons. The molecule has 1 unspecified atom stereocenters. The van der Waals surface area contributed by atoms with Gasteiger partial charge in [-0.3, -0.25) is 4.79 Å². The van der Waals surface area contributed by atoms with Crippen LogP contribution in [0.1, 0.15) is 21.9 Å². The van der Waals surface area contributed by atoms with Gasteiger partial charge in [0.1, 0.15) is 5.75 Å². The van der Waals surface area contributed by atoms with Crippen molar-refractivity contribution in [3.63, 3.8) is 0 Å². The normalized spacial score (nSPS) is 11.8. The molecule has 0 saturated carbocycles. The van der Waals surface area contributed by atoms with E-state index in [1.54, 1.807) is 0 Å². The van der Waals surface area contributed by atoms with E-state index in [2.05, 4.69) is 12.1 Å². The third-order valence-electron chi connectivity index (χ3n) is 4.03. The number of aliphatic carboxylic acids is 1. The molecular formula is C21H20O3S. The van der Waals surface area contributed by atoms with Gasteiger partial charge in [0.05, 0.1) is 12.5 Å². The largest absolute Gasteiger partial charge is 0.493 e. The quantitative estimate of drug-likeness (QED) is 0.634. The Morgan fingerprint density at radius 3 is 2.52 bits per heavy atom. The first-order valence-corrected chi connectivity index (χ1v) is 9.12. The average molecular weight is 352 g/mol. The highest BCUT2D eigenvalue weighted by atomic mass is 32.1. The van der Waals surface area contributed by atoms with E-state index in [0.717, 1.165) is 22.6 Å². The van der Waals surface area contributed by atoms with Crippen molar-refractivity contribution >= 4 is 17.3 Å². The van der Waals surface area contributed by atoms with Crippen molar-refractivity contribution in [1.82, 2.24) is 0 Å². The fraction of sp³-hybridized carbons (Fsp3) is 0.190. The molecular weight excluding hydrogens is 332 g/mol. The molecule has 0 aliphatic carbocycles. The van der Waals surface area contributed by atoms with Crippen LogP contribution in [0, 0.1) is 0 Å². The van der Waals surface area contributed by atoms with Gasteiger partial charge >= 0.3 is 5.97 Å². The second-order valence-corrected chi connectivity index (χ2v) is 6.82. The minimum Gasteiger partial charge on any atom is -0.493 e. The Labute approximate surface area is 151 Å². The molecule has 25 heavy (non-hydrogen) atoms. The maximum atomic E-state index is 11.6. The molecule has 1 N–H and O–H groups in total. The monoisotopic (exact) mass is 352 g/mol. The van der Waals surface area contributed by atoms with Gasteiger partial charge in [0.15, 0.2) is 0 Å². The third kappa shape index (κ3) is 4.94. The number of thiophene rings is 1. The third-order valence-corrected chi connectivity index (χ3v) is 5.01. The lowest BCUT2D eigenvalue weighted by Gasteiger charge is -2.12. The highest BCUT2D eigenvalue weighted by molar-refractivity contribution is 7.10. The van der Waals surface area contributed by atoms with Crippen LogP contribution in [0.5, 0.6) is 5.75 Å². The minimum absolute atomic E-state index is 0.464.